The Morgan fingerprint density at radius 3 is 2.12 bits per heavy atom. The summed E-state index contributed by atoms with van der Waals surface area (Å²) in [5, 5.41) is 0. The summed E-state index contributed by atoms with van der Waals surface area (Å²) in [7, 11) is 0. The van der Waals surface area contributed by atoms with Crippen molar-refractivity contribution in [2.24, 2.45) is 0 Å². The third kappa shape index (κ3) is 6.27. The minimum absolute atomic E-state index is 0.0852. The van der Waals surface area contributed by atoms with Crippen molar-refractivity contribution in [3.8, 4) is 0 Å². The topological polar surface area (TPSA) is 9.23 Å². The van der Waals surface area contributed by atoms with Crippen molar-refractivity contribution in [2.75, 3.05) is 11.0 Å². The second-order valence-corrected chi connectivity index (χ2v) is 5.56. The predicted molar refractivity (Wildman–Crippen MR) is 70.6 cm³/mol. The Balaban J connectivity index is 2.30. The largest absolute Gasteiger partial charge is 0.389 e. The van der Waals surface area contributed by atoms with Crippen LogP contribution in [0.3, 0.4) is 0 Å². The molecule has 17 heavy (non-hydrogen) atoms. The normalized spacial score (nSPS) is 21.2. The summed E-state index contributed by atoms with van der Waals surface area (Å²) in [6.07, 6.45) is 2.04. The Morgan fingerprint density at radius 2 is 1.65 bits per heavy atom. The molecule has 1 aliphatic carbocycles. The molecular formula is C12H20F3IO. The van der Waals surface area contributed by atoms with Crippen molar-refractivity contribution in [1.29, 1.82) is 0 Å². The molecule has 0 N–H and O–H groups in total. The zero-order valence-electron chi connectivity index (χ0n) is 9.99. The molecule has 0 amide bonds. The average Bonchev–Trinajstić information content (AvgIpc) is 2.49. The van der Waals surface area contributed by atoms with E-state index in [1.165, 1.54) is 12.8 Å². The van der Waals surface area contributed by atoms with Crippen LogP contribution in [-0.4, -0.2) is 22.8 Å². The first kappa shape index (κ1) is 15.5. The van der Waals surface area contributed by atoms with Gasteiger partial charge in [0.05, 0.1) is 5.60 Å². The van der Waals surface area contributed by atoms with Crippen LogP contribution in [0.2, 0.25) is 0 Å². The Hall–Kier alpha value is 0.480. The zero-order chi connectivity index (χ0) is 12.8. The molecule has 0 aromatic rings. The molecule has 1 fully saturated rings. The number of alkyl halides is 4. The number of rotatable bonds is 5. The maximum absolute atomic E-state index is 12.0. The minimum atomic E-state index is -4.05. The van der Waals surface area contributed by atoms with Gasteiger partial charge >= 0.3 is 6.18 Å². The molecule has 1 aliphatic rings. The Morgan fingerprint density at radius 1 is 1.06 bits per heavy atom. The van der Waals surface area contributed by atoms with E-state index < -0.39 is 12.6 Å². The molecule has 1 nitrogen and oxygen atoms in total. The van der Waals surface area contributed by atoms with Crippen molar-refractivity contribution in [2.45, 2.75) is 63.1 Å². The smallest absolute Gasteiger partial charge is 0.374 e. The molecule has 0 radical (unpaired) electrons. The van der Waals surface area contributed by atoms with Crippen LogP contribution in [0.5, 0.6) is 0 Å². The standard InChI is InChI=1S/C12H20F3IO/c13-12(14,15)8-5-9-17-11(10-16)6-3-1-2-4-7-11/h1-10H2. The van der Waals surface area contributed by atoms with Crippen LogP contribution in [0.4, 0.5) is 13.2 Å². The quantitative estimate of drug-likeness (QED) is 0.293. The molecule has 0 bridgehead atoms. The molecule has 1 rings (SSSR count). The van der Waals surface area contributed by atoms with Crippen molar-refractivity contribution in [1.82, 2.24) is 0 Å². The van der Waals surface area contributed by atoms with E-state index in [4.69, 9.17) is 4.74 Å². The zero-order valence-corrected chi connectivity index (χ0v) is 12.1. The fourth-order valence-electron chi connectivity index (χ4n) is 2.25. The van der Waals surface area contributed by atoms with Crippen LogP contribution in [-0.2, 0) is 4.74 Å². The van der Waals surface area contributed by atoms with Gasteiger partial charge in [-0.2, -0.15) is 13.2 Å². The molecule has 0 aliphatic heterocycles. The van der Waals surface area contributed by atoms with E-state index in [2.05, 4.69) is 22.6 Å². The van der Waals surface area contributed by atoms with Gasteiger partial charge in [0.2, 0.25) is 0 Å². The van der Waals surface area contributed by atoms with Crippen LogP contribution >= 0.6 is 22.6 Å². The highest BCUT2D eigenvalue weighted by Gasteiger charge is 2.31. The summed E-state index contributed by atoms with van der Waals surface area (Å²) in [4.78, 5) is 0. The first-order valence-corrected chi connectivity index (χ1v) is 7.77. The van der Waals surface area contributed by atoms with E-state index in [0.717, 1.165) is 30.1 Å². The van der Waals surface area contributed by atoms with Gasteiger partial charge in [0.1, 0.15) is 0 Å². The lowest BCUT2D eigenvalue weighted by atomic mass is 9.97. The van der Waals surface area contributed by atoms with Gasteiger partial charge in [-0.3, -0.25) is 0 Å². The Kier molecular flexibility index (Phi) is 6.55. The van der Waals surface area contributed by atoms with E-state index >= 15 is 0 Å². The van der Waals surface area contributed by atoms with Crippen molar-refractivity contribution >= 4 is 22.6 Å². The van der Waals surface area contributed by atoms with Gasteiger partial charge in [-0.25, -0.2) is 0 Å². The van der Waals surface area contributed by atoms with Crippen LogP contribution in [0, 0.1) is 0 Å². The highest BCUT2D eigenvalue weighted by Crippen LogP contribution is 2.33. The van der Waals surface area contributed by atoms with Crippen LogP contribution in [0.1, 0.15) is 51.4 Å². The van der Waals surface area contributed by atoms with Crippen LogP contribution in [0.15, 0.2) is 0 Å². The summed E-state index contributed by atoms with van der Waals surface area (Å²) >= 11 is 2.30. The summed E-state index contributed by atoms with van der Waals surface area (Å²) in [5.74, 6) is 0. The first-order chi connectivity index (χ1) is 7.97. The van der Waals surface area contributed by atoms with E-state index in [0.29, 0.717) is 0 Å². The summed E-state index contributed by atoms with van der Waals surface area (Å²) < 4.78 is 42.7. The SMILES string of the molecule is FC(F)(F)CCCOC1(CI)CCCCCC1. The maximum atomic E-state index is 12.0. The Labute approximate surface area is 115 Å². The fourth-order valence-corrected chi connectivity index (χ4v) is 3.23. The van der Waals surface area contributed by atoms with Crippen LogP contribution < -0.4 is 0 Å². The molecule has 0 unspecified atom stereocenters. The Bertz CT molecular complexity index is 210. The molecule has 0 atom stereocenters. The van der Waals surface area contributed by atoms with Gasteiger partial charge < -0.3 is 4.74 Å². The van der Waals surface area contributed by atoms with Crippen molar-refractivity contribution in [3.63, 3.8) is 0 Å². The molecular weight excluding hydrogens is 344 g/mol. The number of hydrogen-bond donors (Lipinski definition) is 0. The van der Waals surface area contributed by atoms with E-state index in [-0.39, 0.29) is 18.6 Å². The van der Waals surface area contributed by atoms with Gasteiger partial charge in [0.15, 0.2) is 0 Å². The number of halogens is 4. The molecule has 1 saturated carbocycles. The third-order valence-corrected chi connectivity index (χ3v) is 4.66. The van der Waals surface area contributed by atoms with Gasteiger partial charge in [-0.15, -0.1) is 0 Å². The highest BCUT2D eigenvalue weighted by molar-refractivity contribution is 14.1. The van der Waals surface area contributed by atoms with Gasteiger partial charge in [-0.1, -0.05) is 48.3 Å². The highest BCUT2D eigenvalue weighted by atomic mass is 127. The minimum Gasteiger partial charge on any atom is -0.374 e. The molecule has 102 valence electrons. The monoisotopic (exact) mass is 364 g/mol. The van der Waals surface area contributed by atoms with E-state index in [1.54, 1.807) is 0 Å². The summed E-state index contributed by atoms with van der Waals surface area (Å²) in [6.45, 7) is 0.239. The summed E-state index contributed by atoms with van der Waals surface area (Å²) in [6, 6.07) is 0. The molecule has 0 aromatic carbocycles. The van der Waals surface area contributed by atoms with E-state index in [9.17, 15) is 13.2 Å². The summed E-state index contributed by atoms with van der Waals surface area (Å²) in [5.41, 5.74) is -0.150. The lowest BCUT2D eigenvalue weighted by molar-refractivity contribution is -0.141. The van der Waals surface area contributed by atoms with E-state index in [1.807, 2.05) is 0 Å². The number of ether oxygens (including phenoxy) is 1. The molecule has 0 heterocycles. The van der Waals surface area contributed by atoms with Gasteiger partial charge in [-0.05, 0) is 19.3 Å². The maximum Gasteiger partial charge on any atom is 0.389 e. The van der Waals surface area contributed by atoms with Crippen molar-refractivity contribution in [3.05, 3.63) is 0 Å². The molecule has 0 aromatic heterocycles. The lowest BCUT2D eigenvalue weighted by Crippen LogP contribution is -2.34. The fraction of sp³-hybridized carbons (Fsp3) is 1.00. The van der Waals surface area contributed by atoms with Crippen LogP contribution in [0.25, 0.3) is 0 Å². The van der Waals surface area contributed by atoms with Gasteiger partial charge in [0, 0.05) is 17.5 Å². The third-order valence-electron chi connectivity index (χ3n) is 3.27. The number of hydrogen-bond acceptors (Lipinski definition) is 1. The molecule has 0 spiro atoms. The molecule has 5 heteroatoms. The second-order valence-electron chi connectivity index (χ2n) is 4.80. The average molecular weight is 364 g/mol. The first-order valence-electron chi connectivity index (χ1n) is 6.24. The lowest BCUT2D eigenvalue weighted by Gasteiger charge is -2.31. The second kappa shape index (κ2) is 7.16. The molecule has 0 saturated heterocycles. The van der Waals surface area contributed by atoms with Crippen molar-refractivity contribution < 1.29 is 17.9 Å². The predicted octanol–water partition coefficient (Wildman–Crippen LogP) is 4.87. The van der Waals surface area contributed by atoms with Gasteiger partial charge in [0.25, 0.3) is 0 Å².